The maximum atomic E-state index is 10.9. The minimum Gasteiger partial charge on any atom is -0.478 e. The first-order valence-corrected chi connectivity index (χ1v) is 5.35. The molecule has 0 fully saturated rings. The number of rotatable bonds is 2. The third kappa shape index (κ3) is 2.33. The van der Waals surface area contributed by atoms with Crippen molar-refractivity contribution >= 4 is 5.97 Å². The lowest BCUT2D eigenvalue weighted by Gasteiger charge is -2.06. The van der Waals surface area contributed by atoms with Crippen LogP contribution in [-0.4, -0.2) is 16.1 Å². The molecule has 0 spiro atoms. The molecule has 3 heteroatoms. The number of carboxylic acids is 1. The van der Waals surface area contributed by atoms with Crippen molar-refractivity contribution in [2.45, 2.75) is 13.8 Å². The quantitative estimate of drug-likeness (QED) is 0.857. The highest BCUT2D eigenvalue weighted by molar-refractivity contribution is 5.88. The second-order valence-corrected chi connectivity index (χ2v) is 4.05. The van der Waals surface area contributed by atoms with E-state index >= 15 is 0 Å². The molecule has 1 heterocycles. The van der Waals surface area contributed by atoms with Crippen molar-refractivity contribution in [1.82, 2.24) is 4.98 Å². The SMILES string of the molecule is Cc1ccc(-c2cc(C(=O)O)ccn2)c(C)c1. The van der Waals surface area contributed by atoms with Gasteiger partial charge < -0.3 is 5.11 Å². The average Bonchev–Trinajstić information content (AvgIpc) is 2.29. The van der Waals surface area contributed by atoms with E-state index in [-0.39, 0.29) is 5.56 Å². The lowest BCUT2D eigenvalue weighted by atomic mass is 10.0. The van der Waals surface area contributed by atoms with Crippen LogP contribution in [0.5, 0.6) is 0 Å². The molecule has 0 saturated carbocycles. The van der Waals surface area contributed by atoms with Crippen molar-refractivity contribution in [3.8, 4) is 11.3 Å². The Labute approximate surface area is 99.8 Å². The Morgan fingerprint density at radius 1 is 1.18 bits per heavy atom. The number of aromatic carboxylic acids is 1. The molecule has 0 amide bonds. The Kier molecular flexibility index (Phi) is 2.91. The van der Waals surface area contributed by atoms with Crippen LogP contribution in [0.3, 0.4) is 0 Å². The summed E-state index contributed by atoms with van der Waals surface area (Å²) in [7, 11) is 0. The normalized spacial score (nSPS) is 10.2. The van der Waals surface area contributed by atoms with Crippen LogP contribution in [0.2, 0.25) is 0 Å². The third-order valence-corrected chi connectivity index (χ3v) is 2.66. The molecule has 1 aromatic heterocycles. The molecule has 3 nitrogen and oxygen atoms in total. The Bertz CT molecular complexity index is 576. The van der Waals surface area contributed by atoms with Crippen LogP contribution in [-0.2, 0) is 0 Å². The summed E-state index contributed by atoms with van der Waals surface area (Å²) in [6.07, 6.45) is 1.53. The van der Waals surface area contributed by atoms with Gasteiger partial charge in [0.15, 0.2) is 0 Å². The van der Waals surface area contributed by atoms with Gasteiger partial charge in [0.25, 0.3) is 0 Å². The monoisotopic (exact) mass is 227 g/mol. The first-order chi connectivity index (χ1) is 8.08. The predicted octanol–water partition coefficient (Wildman–Crippen LogP) is 3.06. The lowest BCUT2D eigenvalue weighted by Crippen LogP contribution is -1.97. The van der Waals surface area contributed by atoms with Crippen molar-refractivity contribution in [3.05, 3.63) is 53.2 Å². The fourth-order valence-corrected chi connectivity index (χ4v) is 1.81. The van der Waals surface area contributed by atoms with Crippen molar-refractivity contribution in [3.63, 3.8) is 0 Å². The molecule has 2 rings (SSSR count). The van der Waals surface area contributed by atoms with Crippen molar-refractivity contribution in [1.29, 1.82) is 0 Å². The van der Waals surface area contributed by atoms with E-state index in [1.165, 1.54) is 17.8 Å². The maximum absolute atomic E-state index is 10.9. The second kappa shape index (κ2) is 4.37. The second-order valence-electron chi connectivity index (χ2n) is 4.05. The third-order valence-electron chi connectivity index (χ3n) is 2.66. The molecule has 2 aromatic rings. The number of nitrogens with zero attached hydrogens (tertiary/aromatic N) is 1. The van der Waals surface area contributed by atoms with Crippen LogP contribution in [0.15, 0.2) is 36.5 Å². The summed E-state index contributed by atoms with van der Waals surface area (Å²) >= 11 is 0. The molecule has 1 aromatic carbocycles. The molecule has 17 heavy (non-hydrogen) atoms. The molecule has 0 aliphatic carbocycles. The van der Waals surface area contributed by atoms with Crippen LogP contribution >= 0.6 is 0 Å². The van der Waals surface area contributed by atoms with Gasteiger partial charge in [-0.25, -0.2) is 4.79 Å². The van der Waals surface area contributed by atoms with Crippen LogP contribution in [0.25, 0.3) is 11.3 Å². The minimum atomic E-state index is -0.932. The van der Waals surface area contributed by atoms with Gasteiger partial charge in [-0.1, -0.05) is 23.8 Å². The molecule has 0 radical (unpaired) electrons. The summed E-state index contributed by atoms with van der Waals surface area (Å²) in [6, 6.07) is 9.12. The summed E-state index contributed by atoms with van der Waals surface area (Å²) in [4.78, 5) is 15.1. The van der Waals surface area contributed by atoms with E-state index in [2.05, 4.69) is 11.1 Å². The van der Waals surface area contributed by atoms with E-state index in [1.54, 1.807) is 6.07 Å². The predicted molar refractivity (Wildman–Crippen MR) is 66.1 cm³/mol. The van der Waals surface area contributed by atoms with Gasteiger partial charge in [-0.2, -0.15) is 0 Å². The summed E-state index contributed by atoms with van der Waals surface area (Å²) in [5.74, 6) is -0.932. The van der Waals surface area contributed by atoms with Gasteiger partial charge in [0, 0.05) is 11.8 Å². The number of hydrogen-bond acceptors (Lipinski definition) is 2. The number of carboxylic acid groups (broad SMARTS) is 1. The zero-order valence-corrected chi connectivity index (χ0v) is 9.77. The number of aromatic nitrogens is 1. The first-order valence-electron chi connectivity index (χ1n) is 5.35. The van der Waals surface area contributed by atoms with E-state index in [4.69, 9.17) is 5.11 Å². The van der Waals surface area contributed by atoms with E-state index in [9.17, 15) is 4.79 Å². The van der Waals surface area contributed by atoms with Gasteiger partial charge in [0.1, 0.15) is 0 Å². The van der Waals surface area contributed by atoms with Gasteiger partial charge >= 0.3 is 5.97 Å². The van der Waals surface area contributed by atoms with Crippen LogP contribution in [0.4, 0.5) is 0 Å². The number of carbonyl (C=O) groups is 1. The van der Waals surface area contributed by atoms with Crippen molar-refractivity contribution in [2.75, 3.05) is 0 Å². The molecule has 0 aliphatic rings. The highest BCUT2D eigenvalue weighted by atomic mass is 16.4. The highest BCUT2D eigenvalue weighted by Crippen LogP contribution is 2.22. The Morgan fingerprint density at radius 3 is 2.59 bits per heavy atom. The topological polar surface area (TPSA) is 50.2 Å². The first kappa shape index (κ1) is 11.3. The molecule has 0 atom stereocenters. The van der Waals surface area contributed by atoms with Gasteiger partial charge in [0.05, 0.1) is 11.3 Å². The maximum Gasteiger partial charge on any atom is 0.335 e. The fraction of sp³-hybridized carbons (Fsp3) is 0.143. The van der Waals surface area contributed by atoms with Crippen LogP contribution < -0.4 is 0 Å². The Balaban J connectivity index is 2.53. The van der Waals surface area contributed by atoms with Crippen molar-refractivity contribution in [2.24, 2.45) is 0 Å². The van der Waals surface area contributed by atoms with E-state index in [0.717, 1.165) is 11.1 Å². The number of pyridine rings is 1. The summed E-state index contributed by atoms with van der Waals surface area (Å²) in [6.45, 7) is 4.02. The van der Waals surface area contributed by atoms with Crippen LogP contribution in [0, 0.1) is 13.8 Å². The van der Waals surface area contributed by atoms with Gasteiger partial charge in [-0.3, -0.25) is 4.98 Å². The minimum absolute atomic E-state index is 0.259. The molecular formula is C14H13NO2. The lowest BCUT2D eigenvalue weighted by molar-refractivity contribution is 0.0697. The molecule has 0 aliphatic heterocycles. The van der Waals surface area contributed by atoms with E-state index in [0.29, 0.717) is 5.69 Å². The van der Waals surface area contributed by atoms with Gasteiger partial charge in [-0.05, 0) is 31.5 Å². The molecule has 86 valence electrons. The summed E-state index contributed by atoms with van der Waals surface area (Å²) in [5, 5.41) is 8.94. The smallest absolute Gasteiger partial charge is 0.335 e. The molecule has 0 bridgehead atoms. The molecule has 1 N–H and O–H groups in total. The zero-order chi connectivity index (χ0) is 12.4. The van der Waals surface area contributed by atoms with Crippen LogP contribution in [0.1, 0.15) is 21.5 Å². The largest absolute Gasteiger partial charge is 0.478 e. The van der Waals surface area contributed by atoms with E-state index in [1.807, 2.05) is 26.0 Å². The number of hydrogen-bond donors (Lipinski definition) is 1. The van der Waals surface area contributed by atoms with Gasteiger partial charge in [0.2, 0.25) is 0 Å². The standard InChI is InChI=1S/C14H13NO2/c1-9-3-4-12(10(2)7-9)13-8-11(14(16)17)5-6-15-13/h3-8H,1-2H3,(H,16,17). The van der Waals surface area contributed by atoms with Gasteiger partial charge in [-0.15, -0.1) is 0 Å². The Hall–Kier alpha value is -2.16. The van der Waals surface area contributed by atoms with E-state index < -0.39 is 5.97 Å². The summed E-state index contributed by atoms with van der Waals surface area (Å²) < 4.78 is 0. The molecule has 0 unspecified atom stereocenters. The molecule has 0 saturated heterocycles. The zero-order valence-electron chi connectivity index (χ0n) is 9.77. The molecular weight excluding hydrogens is 214 g/mol. The van der Waals surface area contributed by atoms with Crippen molar-refractivity contribution < 1.29 is 9.90 Å². The highest BCUT2D eigenvalue weighted by Gasteiger charge is 2.07. The average molecular weight is 227 g/mol. The fourth-order valence-electron chi connectivity index (χ4n) is 1.81. The Morgan fingerprint density at radius 2 is 1.94 bits per heavy atom. The number of aryl methyl sites for hydroxylation is 2. The summed E-state index contributed by atoms with van der Waals surface area (Å²) in [5.41, 5.74) is 4.21. The number of benzene rings is 1.